The number of aryl methyl sites for hydroxylation is 1. The Morgan fingerprint density at radius 3 is 2.80 bits per heavy atom. The fourth-order valence-corrected chi connectivity index (χ4v) is 1.14. The predicted molar refractivity (Wildman–Crippen MR) is 59.1 cm³/mol. The number of aromatic nitrogens is 2. The zero-order valence-corrected chi connectivity index (χ0v) is 9.58. The summed E-state index contributed by atoms with van der Waals surface area (Å²) in [7, 11) is 1.70. The van der Waals surface area contributed by atoms with Crippen LogP contribution in [0.15, 0.2) is 6.07 Å². The molecule has 0 bridgehead atoms. The van der Waals surface area contributed by atoms with E-state index < -0.39 is 4.92 Å². The molecule has 0 unspecified atom stereocenters. The molecule has 0 saturated heterocycles. The van der Waals surface area contributed by atoms with Crippen molar-refractivity contribution < 1.29 is 4.92 Å². The van der Waals surface area contributed by atoms with Crippen LogP contribution in [0.4, 0.5) is 5.82 Å². The largest absolute Gasteiger partial charge is 0.390 e. The van der Waals surface area contributed by atoms with Gasteiger partial charge >= 0.3 is 5.82 Å². The van der Waals surface area contributed by atoms with E-state index in [9.17, 15) is 10.1 Å². The van der Waals surface area contributed by atoms with Crippen LogP contribution in [0.25, 0.3) is 0 Å². The standard InChI is InChI=1S/C8H14N4O2.ClH/c1-3-4-9-6-7-5-8(12(13)14)10-11(7)2;/h5,9H,3-4,6H2,1-2H3;1H. The summed E-state index contributed by atoms with van der Waals surface area (Å²) in [5.41, 5.74) is 0.824. The first-order valence-electron chi connectivity index (χ1n) is 4.53. The molecule has 0 aliphatic heterocycles. The number of nitro groups is 1. The SMILES string of the molecule is CCCNCc1cc([N+](=O)[O-])nn1C.Cl. The number of nitrogens with zero attached hydrogens (tertiary/aromatic N) is 3. The topological polar surface area (TPSA) is 73.0 Å². The lowest BCUT2D eigenvalue weighted by Crippen LogP contribution is -2.16. The van der Waals surface area contributed by atoms with E-state index in [0.29, 0.717) is 6.54 Å². The number of halogens is 1. The van der Waals surface area contributed by atoms with E-state index in [2.05, 4.69) is 17.3 Å². The Balaban J connectivity index is 0.00000196. The Morgan fingerprint density at radius 1 is 1.67 bits per heavy atom. The summed E-state index contributed by atoms with van der Waals surface area (Å²) in [6.45, 7) is 3.59. The summed E-state index contributed by atoms with van der Waals surface area (Å²) in [4.78, 5) is 9.92. The third-order valence-corrected chi connectivity index (χ3v) is 1.88. The van der Waals surface area contributed by atoms with Gasteiger partial charge in [-0.15, -0.1) is 12.4 Å². The first-order valence-corrected chi connectivity index (χ1v) is 4.53. The molecule has 86 valence electrons. The molecule has 0 spiro atoms. The van der Waals surface area contributed by atoms with Crippen molar-refractivity contribution in [3.8, 4) is 0 Å². The van der Waals surface area contributed by atoms with E-state index in [1.54, 1.807) is 7.05 Å². The highest BCUT2D eigenvalue weighted by molar-refractivity contribution is 5.85. The Kier molecular flexibility index (Phi) is 5.88. The van der Waals surface area contributed by atoms with Gasteiger partial charge < -0.3 is 15.4 Å². The van der Waals surface area contributed by atoms with Gasteiger partial charge in [-0.05, 0) is 17.9 Å². The molecule has 0 aliphatic carbocycles. The summed E-state index contributed by atoms with van der Waals surface area (Å²) in [5.74, 6) is -0.0965. The molecule has 6 nitrogen and oxygen atoms in total. The van der Waals surface area contributed by atoms with Crippen LogP contribution in [0.1, 0.15) is 19.0 Å². The van der Waals surface area contributed by atoms with Crippen molar-refractivity contribution in [2.45, 2.75) is 19.9 Å². The van der Waals surface area contributed by atoms with E-state index in [1.807, 2.05) is 0 Å². The van der Waals surface area contributed by atoms with Crippen LogP contribution in [0.3, 0.4) is 0 Å². The maximum absolute atomic E-state index is 10.4. The average molecular weight is 235 g/mol. The van der Waals surface area contributed by atoms with Gasteiger partial charge in [0.1, 0.15) is 0 Å². The van der Waals surface area contributed by atoms with Crippen LogP contribution in [0.2, 0.25) is 0 Å². The highest BCUT2D eigenvalue weighted by Crippen LogP contribution is 2.10. The molecule has 1 aromatic rings. The Labute approximate surface area is 94.2 Å². The van der Waals surface area contributed by atoms with Gasteiger partial charge in [-0.1, -0.05) is 6.92 Å². The van der Waals surface area contributed by atoms with Crippen molar-refractivity contribution in [3.63, 3.8) is 0 Å². The lowest BCUT2D eigenvalue weighted by Gasteiger charge is -1.99. The van der Waals surface area contributed by atoms with E-state index in [0.717, 1.165) is 18.7 Å². The quantitative estimate of drug-likeness (QED) is 0.473. The maximum atomic E-state index is 10.4. The molecule has 1 N–H and O–H groups in total. The van der Waals surface area contributed by atoms with Gasteiger partial charge in [0.2, 0.25) is 0 Å². The predicted octanol–water partition coefficient (Wildman–Crippen LogP) is 1.25. The number of hydrogen-bond donors (Lipinski definition) is 1. The molecule has 0 fully saturated rings. The number of hydrogen-bond acceptors (Lipinski definition) is 4. The van der Waals surface area contributed by atoms with Gasteiger partial charge in [0.15, 0.2) is 0 Å². The minimum absolute atomic E-state index is 0. The molecule has 0 amide bonds. The smallest absolute Gasteiger partial charge is 0.358 e. The van der Waals surface area contributed by atoms with Crippen LogP contribution in [0, 0.1) is 10.1 Å². The highest BCUT2D eigenvalue weighted by atomic mass is 35.5. The van der Waals surface area contributed by atoms with Crippen LogP contribution in [-0.4, -0.2) is 21.2 Å². The second-order valence-electron chi connectivity index (χ2n) is 3.05. The maximum Gasteiger partial charge on any atom is 0.390 e. The summed E-state index contributed by atoms with van der Waals surface area (Å²) >= 11 is 0. The Morgan fingerprint density at radius 2 is 2.33 bits per heavy atom. The highest BCUT2D eigenvalue weighted by Gasteiger charge is 2.14. The molecule has 0 atom stereocenters. The number of rotatable bonds is 5. The Bertz CT molecular complexity index is 326. The normalized spacial score (nSPS) is 9.73. The van der Waals surface area contributed by atoms with Gasteiger partial charge in [0.05, 0.1) is 23.9 Å². The zero-order chi connectivity index (χ0) is 10.6. The van der Waals surface area contributed by atoms with Gasteiger partial charge in [0, 0.05) is 6.54 Å². The Hall–Kier alpha value is -1.14. The fourth-order valence-electron chi connectivity index (χ4n) is 1.14. The molecular weight excluding hydrogens is 220 g/mol. The molecule has 1 heterocycles. The minimum atomic E-state index is -0.483. The van der Waals surface area contributed by atoms with Gasteiger partial charge in [0.25, 0.3) is 0 Å². The third kappa shape index (κ3) is 3.85. The summed E-state index contributed by atoms with van der Waals surface area (Å²) < 4.78 is 1.53. The molecule has 0 radical (unpaired) electrons. The van der Waals surface area contributed by atoms with Crippen LogP contribution >= 0.6 is 12.4 Å². The second kappa shape index (κ2) is 6.36. The lowest BCUT2D eigenvalue weighted by molar-refractivity contribution is -0.389. The van der Waals surface area contributed by atoms with Crippen LogP contribution < -0.4 is 5.32 Å². The number of nitrogens with one attached hydrogen (secondary N) is 1. The van der Waals surface area contributed by atoms with E-state index in [4.69, 9.17) is 0 Å². The fraction of sp³-hybridized carbons (Fsp3) is 0.625. The molecular formula is C8H15ClN4O2. The first kappa shape index (κ1) is 13.9. The molecule has 15 heavy (non-hydrogen) atoms. The molecule has 1 rings (SSSR count). The summed E-state index contributed by atoms with van der Waals surface area (Å²) in [5, 5.41) is 17.3. The van der Waals surface area contributed by atoms with Crippen molar-refractivity contribution in [3.05, 3.63) is 21.9 Å². The van der Waals surface area contributed by atoms with Crippen molar-refractivity contribution in [2.75, 3.05) is 6.54 Å². The van der Waals surface area contributed by atoms with Crippen molar-refractivity contribution in [1.82, 2.24) is 15.1 Å². The van der Waals surface area contributed by atoms with E-state index >= 15 is 0 Å². The molecule has 7 heteroatoms. The van der Waals surface area contributed by atoms with E-state index in [1.165, 1.54) is 10.7 Å². The molecule has 1 aromatic heterocycles. The third-order valence-electron chi connectivity index (χ3n) is 1.88. The molecule has 0 saturated carbocycles. The molecule has 0 aromatic carbocycles. The monoisotopic (exact) mass is 234 g/mol. The second-order valence-corrected chi connectivity index (χ2v) is 3.05. The van der Waals surface area contributed by atoms with Crippen LogP contribution in [0.5, 0.6) is 0 Å². The molecule has 0 aliphatic rings. The van der Waals surface area contributed by atoms with Crippen molar-refractivity contribution in [1.29, 1.82) is 0 Å². The summed E-state index contributed by atoms with van der Waals surface area (Å²) in [6.07, 6.45) is 1.04. The minimum Gasteiger partial charge on any atom is -0.358 e. The van der Waals surface area contributed by atoms with Crippen molar-refractivity contribution >= 4 is 18.2 Å². The van der Waals surface area contributed by atoms with Gasteiger partial charge in [-0.3, -0.25) is 0 Å². The van der Waals surface area contributed by atoms with Crippen LogP contribution in [-0.2, 0) is 13.6 Å². The first-order chi connectivity index (χ1) is 6.65. The average Bonchev–Trinajstić information content (AvgIpc) is 2.49. The lowest BCUT2D eigenvalue weighted by atomic mass is 10.4. The van der Waals surface area contributed by atoms with Crippen molar-refractivity contribution in [2.24, 2.45) is 7.05 Å². The van der Waals surface area contributed by atoms with E-state index in [-0.39, 0.29) is 18.2 Å². The van der Waals surface area contributed by atoms with Gasteiger partial charge in [-0.25, -0.2) is 0 Å². The summed E-state index contributed by atoms with van der Waals surface area (Å²) in [6, 6.07) is 1.49. The van der Waals surface area contributed by atoms with Gasteiger partial charge in [-0.2, -0.15) is 4.68 Å². The zero-order valence-electron chi connectivity index (χ0n) is 8.77.